The first-order valence-electron chi connectivity index (χ1n) is 9.20. The molecular formula is C24H21N3O2. The number of hydrogen-bond acceptors (Lipinski definition) is 4. The largest absolute Gasteiger partial charge is 0.493 e. The summed E-state index contributed by atoms with van der Waals surface area (Å²) >= 11 is 0. The van der Waals surface area contributed by atoms with Crippen molar-refractivity contribution in [2.24, 2.45) is 0 Å². The Bertz CT molecular complexity index is 1270. The maximum absolute atomic E-state index is 9.40. The van der Waals surface area contributed by atoms with Gasteiger partial charge in [0.1, 0.15) is 0 Å². The van der Waals surface area contributed by atoms with Gasteiger partial charge in [-0.25, -0.2) is 0 Å². The van der Waals surface area contributed by atoms with E-state index in [2.05, 4.69) is 22.9 Å². The van der Waals surface area contributed by atoms with Crippen LogP contribution in [-0.2, 0) is 0 Å². The van der Waals surface area contributed by atoms with Crippen LogP contribution >= 0.6 is 0 Å². The molecule has 144 valence electrons. The summed E-state index contributed by atoms with van der Waals surface area (Å²) in [5, 5.41) is 10.4. The third-order valence-corrected chi connectivity index (χ3v) is 5.24. The standard InChI is InChI=1S/C24H21N3O2/c1-15-18(5-4-6-21(15)26)20-14-27(22-9-7-16(13-25)11-19(20)22)17-8-10-23(28-2)24(12-17)29-3/h4-12,14H,26H2,1-3H3. The van der Waals surface area contributed by atoms with Gasteiger partial charge < -0.3 is 19.8 Å². The van der Waals surface area contributed by atoms with Crippen LogP contribution in [0, 0.1) is 18.3 Å². The number of nitrogen functional groups attached to an aromatic ring is 1. The maximum atomic E-state index is 9.40. The molecule has 3 aromatic carbocycles. The van der Waals surface area contributed by atoms with Crippen LogP contribution in [-0.4, -0.2) is 18.8 Å². The first-order chi connectivity index (χ1) is 14.1. The van der Waals surface area contributed by atoms with Crippen molar-refractivity contribution in [1.82, 2.24) is 4.57 Å². The molecule has 5 heteroatoms. The molecule has 4 aromatic rings. The van der Waals surface area contributed by atoms with Crippen molar-refractivity contribution in [2.75, 3.05) is 20.0 Å². The Hall–Kier alpha value is -3.91. The van der Waals surface area contributed by atoms with E-state index in [-0.39, 0.29) is 0 Å². The molecule has 4 rings (SSSR count). The number of fused-ring (bicyclic) bond motifs is 1. The van der Waals surface area contributed by atoms with E-state index >= 15 is 0 Å². The lowest BCUT2D eigenvalue weighted by Crippen LogP contribution is -1.96. The van der Waals surface area contributed by atoms with Gasteiger partial charge in [0.25, 0.3) is 0 Å². The quantitative estimate of drug-likeness (QED) is 0.499. The topological polar surface area (TPSA) is 73.2 Å². The highest BCUT2D eigenvalue weighted by Crippen LogP contribution is 2.37. The van der Waals surface area contributed by atoms with Crippen molar-refractivity contribution in [3.05, 3.63) is 71.9 Å². The predicted octanol–water partition coefficient (Wildman–Crippen LogP) is 5.08. The molecule has 5 nitrogen and oxygen atoms in total. The molecule has 0 aliphatic carbocycles. The molecule has 0 saturated carbocycles. The Morgan fingerprint density at radius 1 is 0.931 bits per heavy atom. The zero-order valence-electron chi connectivity index (χ0n) is 16.6. The molecule has 29 heavy (non-hydrogen) atoms. The molecule has 0 atom stereocenters. The van der Waals surface area contributed by atoms with Gasteiger partial charge in [-0.2, -0.15) is 5.26 Å². The summed E-state index contributed by atoms with van der Waals surface area (Å²) in [6.45, 7) is 2.01. The Balaban J connectivity index is 2.02. The number of benzene rings is 3. The van der Waals surface area contributed by atoms with Crippen molar-refractivity contribution in [2.45, 2.75) is 6.92 Å². The summed E-state index contributed by atoms with van der Waals surface area (Å²) in [4.78, 5) is 0. The molecule has 0 aliphatic rings. The van der Waals surface area contributed by atoms with E-state index in [1.165, 1.54) is 0 Å². The molecule has 0 spiro atoms. The zero-order chi connectivity index (χ0) is 20.5. The Morgan fingerprint density at radius 3 is 2.45 bits per heavy atom. The van der Waals surface area contributed by atoms with E-state index in [1.54, 1.807) is 14.2 Å². The Morgan fingerprint density at radius 2 is 1.72 bits per heavy atom. The number of hydrogen-bond donors (Lipinski definition) is 1. The number of nitrogens with zero attached hydrogens (tertiary/aromatic N) is 2. The fraction of sp³-hybridized carbons (Fsp3) is 0.125. The molecule has 0 amide bonds. The molecule has 0 aliphatic heterocycles. The molecule has 0 fully saturated rings. The van der Waals surface area contributed by atoms with Gasteiger partial charge in [-0.1, -0.05) is 12.1 Å². The predicted molar refractivity (Wildman–Crippen MR) is 116 cm³/mol. The van der Waals surface area contributed by atoms with Gasteiger partial charge >= 0.3 is 0 Å². The summed E-state index contributed by atoms with van der Waals surface area (Å²) in [6, 6.07) is 19.7. The number of ether oxygens (including phenoxy) is 2. The fourth-order valence-corrected chi connectivity index (χ4v) is 3.65. The summed E-state index contributed by atoms with van der Waals surface area (Å²) in [6.07, 6.45) is 2.08. The second-order valence-electron chi connectivity index (χ2n) is 6.82. The van der Waals surface area contributed by atoms with Crippen molar-refractivity contribution < 1.29 is 9.47 Å². The van der Waals surface area contributed by atoms with Gasteiger partial charge in [-0.05, 0) is 54.4 Å². The normalized spacial score (nSPS) is 10.7. The van der Waals surface area contributed by atoms with Crippen LogP contribution in [0.25, 0.3) is 27.7 Å². The number of nitriles is 1. The van der Waals surface area contributed by atoms with Crippen LogP contribution in [0.2, 0.25) is 0 Å². The summed E-state index contributed by atoms with van der Waals surface area (Å²) < 4.78 is 12.9. The van der Waals surface area contributed by atoms with E-state index < -0.39 is 0 Å². The van der Waals surface area contributed by atoms with Gasteiger partial charge in [0, 0.05) is 34.6 Å². The lowest BCUT2D eigenvalue weighted by Gasteiger charge is -2.11. The number of methoxy groups -OCH3 is 2. The third-order valence-electron chi connectivity index (χ3n) is 5.24. The van der Waals surface area contributed by atoms with Crippen molar-refractivity contribution in [1.29, 1.82) is 5.26 Å². The minimum atomic E-state index is 0.616. The molecular weight excluding hydrogens is 362 g/mol. The molecule has 1 aromatic heterocycles. The maximum Gasteiger partial charge on any atom is 0.162 e. The average molecular weight is 383 g/mol. The summed E-state index contributed by atoms with van der Waals surface area (Å²) in [5.41, 5.74) is 12.5. The fourth-order valence-electron chi connectivity index (χ4n) is 3.65. The summed E-state index contributed by atoms with van der Waals surface area (Å²) in [7, 11) is 3.24. The highest BCUT2D eigenvalue weighted by Gasteiger charge is 2.16. The smallest absolute Gasteiger partial charge is 0.162 e. The summed E-state index contributed by atoms with van der Waals surface area (Å²) in [5.74, 6) is 1.33. The van der Waals surface area contributed by atoms with Crippen LogP contribution in [0.5, 0.6) is 11.5 Å². The average Bonchev–Trinajstić information content (AvgIpc) is 3.13. The first kappa shape index (κ1) is 18.5. The highest BCUT2D eigenvalue weighted by atomic mass is 16.5. The van der Waals surface area contributed by atoms with Crippen LogP contribution in [0.1, 0.15) is 11.1 Å². The van der Waals surface area contributed by atoms with Crippen LogP contribution in [0.3, 0.4) is 0 Å². The molecule has 2 N–H and O–H groups in total. The number of nitrogens with two attached hydrogens (primary N) is 1. The zero-order valence-corrected chi connectivity index (χ0v) is 16.6. The van der Waals surface area contributed by atoms with Crippen LogP contribution in [0.15, 0.2) is 60.8 Å². The van der Waals surface area contributed by atoms with E-state index in [0.717, 1.165) is 39.0 Å². The van der Waals surface area contributed by atoms with Crippen LogP contribution in [0.4, 0.5) is 5.69 Å². The second kappa shape index (κ2) is 7.25. The van der Waals surface area contributed by atoms with Crippen molar-refractivity contribution in [3.63, 3.8) is 0 Å². The minimum absolute atomic E-state index is 0.616. The number of aromatic nitrogens is 1. The van der Waals surface area contributed by atoms with E-state index in [0.29, 0.717) is 17.1 Å². The van der Waals surface area contributed by atoms with Gasteiger partial charge in [0.15, 0.2) is 11.5 Å². The van der Waals surface area contributed by atoms with Gasteiger partial charge in [-0.3, -0.25) is 0 Å². The Labute approximate surface area is 169 Å². The van der Waals surface area contributed by atoms with Gasteiger partial charge in [0.05, 0.1) is 31.4 Å². The third kappa shape index (κ3) is 3.05. The van der Waals surface area contributed by atoms with Gasteiger partial charge in [-0.15, -0.1) is 0 Å². The van der Waals surface area contributed by atoms with Crippen LogP contribution < -0.4 is 15.2 Å². The van der Waals surface area contributed by atoms with Crippen molar-refractivity contribution >= 4 is 16.6 Å². The minimum Gasteiger partial charge on any atom is -0.493 e. The van der Waals surface area contributed by atoms with E-state index in [4.69, 9.17) is 15.2 Å². The van der Waals surface area contributed by atoms with Crippen molar-refractivity contribution in [3.8, 4) is 34.4 Å². The lowest BCUT2D eigenvalue weighted by atomic mass is 9.98. The molecule has 0 radical (unpaired) electrons. The molecule has 0 bridgehead atoms. The SMILES string of the molecule is COc1ccc(-n2cc(-c3cccc(N)c3C)c3cc(C#N)ccc32)cc1OC. The molecule has 0 saturated heterocycles. The molecule has 0 unspecified atom stereocenters. The van der Waals surface area contributed by atoms with Gasteiger partial charge in [0.2, 0.25) is 0 Å². The molecule has 1 heterocycles. The van der Waals surface area contributed by atoms with E-state index in [1.807, 2.05) is 55.5 Å². The lowest BCUT2D eigenvalue weighted by molar-refractivity contribution is 0.355. The highest BCUT2D eigenvalue weighted by molar-refractivity contribution is 5.99. The Kier molecular flexibility index (Phi) is 4.61. The first-order valence-corrected chi connectivity index (χ1v) is 9.20. The number of rotatable bonds is 4. The second-order valence-corrected chi connectivity index (χ2v) is 6.82. The monoisotopic (exact) mass is 383 g/mol. The van der Waals surface area contributed by atoms with E-state index in [9.17, 15) is 5.26 Å². The number of anilines is 1.